The van der Waals surface area contributed by atoms with Crippen molar-refractivity contribution in [3.8, 4) is 51.6 Å². The van der Waals surface area contributed by atoms with Crippen LogP contribution in [0.3, 0.4) is 0 Å². The van der Waals surface area contributed by atoms with Crippen LogP contribution in [0.25, 0.3) is 28.4 Å². The van der Waals surface area contributed by atoms with E-state index < -0.39 is 125 Å². The third kappa shape index (κ3) is 7.95. The molecule has 4 aromatic rings. The van der Waals surface area contributed by atoms with Crippen molar-refractivity contribution in [2.24, 2.45) is 0 Å². The minimum absolute atomic E-state index is 0.0633. The lowest BCUT2D eigenvalue weighted by Gasteiger charge is -2.43. The van der Waals surface area contributed by atoms with E-state index in [1.807, 2.05) is 0 Å². The van der Waals surface area contributed by atoms with Crippen LogP contribution in [0, 0.1) is 0 Å². The first-order chi connectivity index (χ1) is 26.0. The Morgan fingerprint density at radius 1 is 0.745 bits per heavy atom. The summed E-state index contributed by atoms with van der Waals surface area (Å²) >= 11 is 0. The maximum Gasteiger partial charge on any atom is 0.331 e. The van der Waals surface area contributed by atoms with Crippen LogP contribution in [0.5, 0.6) is 40.2 Å². The summed E-state index contributed by atoms with van der Waals surface area (Å²) in [6.07, 6.45) is -14.8. The molecule has 11 N–H and O–H groups in total. The quantitative estimate of drug-likeness (QED) is 0.0605. The molecule has 2 saturated heterocycles. The topological polar surface area (TPSA) is 316 Å². The van der Waals surface area contributed by atoms with E-state index >= 15 is 0 Å². The number of aromatic hydroxyl groups is 6. The van der Waals surface area contributed by atoms with Crippen LogP contribution in [0.1, 0.15) is 12.5 Å². The molecule has 19 nitrogen and oxygen atoms in total. The molecule has 0 saturated carbocycles. The molecule has 2 fully saturated rings. The first-order valence-corrected chi connectivity index (χ1v) is 16.5. The van der Waals surface area contributed by atoms with Crippen molar-refractivity contribution in [3.05, 3.63) is 70.4 Å². The number of carbonyl (C=O) groups excluding carboxylic acids is 1. The Morgan fingerprint density at radius 2 is 1.42 bits per heavy atom. The van der Waals surface area contributed by atoms with Gasteiger partial charge in [0.15, 0.2) is 41.2 Å². The van der Waals surface area contributed by atoms with Gasteiger partial charge in [-0.3, -0.25) is 4.79 Å². The molecule has 3 heterocycles. The number of rotatable bonds is 9. The average molecular weight is 773 g/mol. The van der Waals surface area contributed by atoms with Gasteiger partial charge in [-0.05, 0) is 48.9 Å². The summed E-state index contributed by atoms with van der Waals surface area (Å²) in [5.74, 6) is -5.24. The summed E-state index contributed by atoms with van der Waals surface area (Å²) in [4.78, 5) is 26.2. The zero-order valence-electron chi connectivity index (χ0n) is 28.4. The Labute approximate surface area is 308 Å². The molecule has 2 aliphatic rings. The molecule has 10 atom stereocenters. The van der Waals surface area contributed by atoms with Crippen LogP contribution in [-0.2, 0) is 23.7 Å². The Balaban J connectivity index is 1.17. The second kappa shape index (κ2) is 15.6. The minimum Gasteiger partial charge on any atom is -0.508 e. The average Bonchev–Trinajstić information content (AvgIpc) is 3.13. The van der Waals surface area contributed by atoms with Crippen LogP contribution >= 0.6 is 0 Å². The Bertz CT molecular complexity index is 2150. The molecule has 0 radical (unpaired) electrons. The van der Waals surface area contributed by atoms with Gasteiger partial charge in [-0.1, -0.05) is 6.07 Å². The summed E-state index contributed by atoms with van der Waals surface area (Å²) in [5, 5.41) is 113. The first kappa shape index (κ1) is 39.1. The molecule has 0 spiro atoms. The van der Waals surface area contributed by atoms with E-state index in [1.54, 1.807) is 0 Å². The van der Waals surface area contributed by atoms with Crippen molar-refractivity contribution in [1.82, 2.24) is 0 Å². The van der Waals surface area contributed by atoms with Crippen molar-refractivity contribution in [1.29, 1.82) is 0 Å². The van der Waals surface area contributed by atoms with Crippen molar-refractivity contribution < 1.29 is 89.1 Å². The van der Waals surface area contributed by atoms with Gasteiger partial charge in [0, 0.05) is 23.8 Å². The summed E-state index contributed by atoms with van der Waals surface area (Å²) in [7, 11) is 0. The predicted molar refractivity (Wildman–Crippen MR) is 183 cm³/mol. The normalized spacial score (nSPS) is 28.3. The molecule has 0 amide bonds. The SMILES string of the molecule is C[C@@H]1OC(OC[C@H]2O[C@@H](Oc3c(-c4ccc(O)c(O)c4)oc4cc(O)cc(O)c4c3=O)[C@H](O)[C@@H](O)[C@H]2O)[C@H](O)[C@H](O)[C@H]1OC(=O)/C=C/c1ccc(O)c(O)c1. The van der Waals surface area contributed by atoms with E-state index in [9.17, 15) is 65.8 Å². The van der Waals surface area contributed by atoms with Crippen LogP contribution < -0.4 is 10.2 Å². The van der Waals surface area contributed by atoms with Gasteiger partial charge in [0.1, 0.15) is 59.1 Å². The highest BCUT2D eigenvalue weighted by molar-refractivity contribution is 5.89. The zero-order valence-corrected chi connectivity index (χ0v) is 28.4. The van der Waals surface area contributed by atoms with Crippen LogP contribution in [0.4, 0.5) is 0 Å². The summed E-state index contributed by atoms with van der Waals surface area (Å²) in [6, 6.07) is 8.95. The number of hydrogen-bond donors (Lipinski definition) is 11. The van der Waals surface area contributed by atoms with Crippen molar-refractivity contribution in [2.45, 2.75) is 68.3 Å². The standard InChI is InChI=1S/C36H36O19/c1-13-32(54-24(43)7-3-14-2-5-17(38)19(40)8-14)29(47)31(49)35(51-13)50-12-23-26(44)28(46)30(48)36(53-23)55-34-27(45)25-21(42)10-16(37)11-22(25)52-33(34)15-4-6-18(39)20(41)9-15/h2-11,13,23,26,28-32,35-42,44,46-49H,12H2,1H3/b7-3+/t13-,23+,26-,28-,29-,30+,31+,32-,35?,36-/m0/s1. The van der Waals surface area contributed by atoms with Crippen LogP contribution in [0.2, 0.25) is 0 Å². The third-order valence-corrected chi connectivity index (χ3v) is 8.92. The van der Waals surface area contributed by atoms with Gasteiger partial charge < -0.3 is 84.3 Å². The third-order valence-electron chi connectivity index (χ3n) is 8.92. The molecule has 55 heavy (non-hydrogen) atoms. The number of carbonyl (C=O) groups is 1. The Kier molecular flexibility index (Phi) is 11.1. The molecule has 6 rings (SSSR count). The maximum atomic E-state index is 13.7. The lowest BCUT2D eigenvalue weighted by Crippen LogP contribution is -2.62. The fourth-order valence-corrected chi connectivity index (χ4v) is 5.98. The second-order valence-corrected chi connectivity index (χ2v) is 12.8. The number of phenolic OH excluding ortho intramolecular Hbond substituents is 6. The predicted octanol–water partition coefficient (Wildman–Crippen LogP) is -0.0116. The monoisotopic (exact) mass is 772 g/mol. The zero-order chi connectivity index (χ0) is 39.9. The fourth-order valence-electron chi connectivity index (χ4n) is 5.98. The Morgan fingerprint density at radius 3 is 2.11 bits per heavy atom. The van der Waals surface area contributed by atoms with E-state index in [2.05, 4.69) is 0 Å². The largest absolute Gasteiger partial charge is 0.508 e. The van der Waals surface area contributed by atoms with Crippen molar-refractivity contribution in [3.63, 3.8) is 0 Å². The maximum absolute atomic E-state index is 13.7. The molecule has 294 valence electrons. The van der Waals surface area contributed by atoms with E-state index in [4.69, 9.17) is 28.1 Å². The molecule has 1 unspecified atom stereocenters. The second-order valence-electron chi connectivity index (χ2n) is 12.8. The molecule has 3 aromatic carbocycles. The summed E-state index contributed by atoms with van der Waals surface area (Å²) in [6.45, 7) is 0.713. The molecule has 2 aliphatic heterocycles. The van der Waals surface area contributed by atoms with Gasteiger partial charge in [-0.25, -0.2) is 4.79 Å². The highest BCUT2D eigenvalue weighted by Crippen LogP contribution is 2.39. The van der Waals surface area contributed by atoms with Gasteiger partial charge in [-0.15, -0.1) is 0 Å². The van der Waals surface area contributed by atoms with Gasteiger partial charge in [0.25, 0.3) is 0 Å². The van der Waals surface area contributed by atoms with Crippen molar-refractivity contribution >= 4 is 23.0 Å². The number of aliphatic hydroxyl groups excluding tert-OH is 5. The van der Waals surface area contributed by atoms with E-state index in [0.29, 0.717) is 5.56 Å². The molecular weight excluding hydrogens is 736 g/mol. The van der Waals surface area contributed by atoms with Crippen molar-refractivity contribution in [2.75, 3.05) is 6.61 Å². The number of fused-ring (bicyclic) bond motifs is 1. The number of esters is 1. The number of phenols is 6. The molecule has 0 aliphatic carbocycles. The molecular formula is C36H36O19. The summed E-state index contributed by atoms with van der Waals surface area (Å²) < 4.78 is 33.6. The van der Waals surface area contributed by atoms with E-state index in [1.165, 1.54) is 37.3 Å². The highest BCUT2D eigenvalue weighted by Gasteiger charge is 2.49. The smallest absolute Gasteiger partial charge is 0.331 e. The van der Waals surface area contributed by atoms with Gasteiger partial charge >= 0.3 is 5.97 Å². The van der Waals surface area contributed by atoms with Gasteiger partial charge in [-0.2, -0.15) is 0 Å². The molecule has 1 aromatic heterocycles. The number of ether oxygens (including phenoxy) is 5. The molecule has 0 bridgehead atoms. The highest BCUT2D eigenvalue weighted by atomic mass is 16.7. The lowest BCUT2D eigenvalue weighted by molar-refractivity contribution is -0.319. The lowest BCUT2D eigenvalue weighted by atomic mass is 9.98. The van der Waals surface area contributed by atoms with E-state index in [0.717, 1.165) is 30.3 Å². The van der Waals surface area contributed by atoms with Gasteiger partial charge in [0.2, 0.25) is 17.5 Å². The van der Waals surface area contributed by atoms with Gasteiger partial charge in [0.05, 0.1) is 12.7 Å². The number of aliphatic hydroxyl groups is 5. The number of benzene rings is 3. The van der Waals surface area contributed by atoms with E-state index in [-0.39, 0.29) is 16.9 Å². The van der Waals surface area contributed by atoms with Crippen LogP contribution in [-0.4, -0.2) is 130 Å². The van der Waals surface area contributed by atoms with Crippen LogP contribution in [0.15, 0.2) is 63.8 Å². The first-order valence-electron chi connectivity index (χ1n) is 16.5. The fraction of sp³-hybridized carbons (Fsp3) is 0.333. The summed E-state index contributed by atoms with van der Waals surface area (Å²) in [5.41, 5.74) is -1.11. The number of hydrogen-bond acceptors (Lipinski definition) is 19. The molecule has 19 heteroatoms. The minimum atomic E-state index is -2.03. The Hall–Kier alpha value is -5.64.